The van der Waals surface area contributed by atoms with Crippen LogP contribution in [0.25, 0.3) is 0 Å². The average molecular weight is 203 g/mol. The lowest BCUT2D eigenvalue weighted by molar-refractivity contribution is 0.587. The zero-order valence-electron chi connectivity index (χ0n) is 8.17. The molecule has 0 aromatic heterocycles. The van der Waals surface area contributed by atoms with Gasteiger partial charge in [0, 0.05) is 5.30 Å². The predicted octanol–water partition coefficient (Wildman–Crippen LogP) is 2.54. The molecular formula is C9H15FNOP. The summed E-state index contributed by atoms with van der Waals surface area (Å²) < 4.78 is 24.6. The van der Waals surface area contributed by atoms with Gasteiger partial charge in [0.1, 0.15) is 13.0 Å². The molecule has 0 spiro atoms. The van der Waals surface area contributed by atoms with Gasteiger partial charge in [-0.1, -0.05) is 12.1 Å². The third-order valence-corrected chi connectivity index (χ3v) is 3.46. The topological polar surface area (TPSA) is 52.1 Å². The first kappa shape index (κ1) is 12.3. The average Bonchev–Trinajstić information content (AvgIpc) is 1.92. The zero-order valence-corrected chi connectivity index (χ0v) is 9.07. The highest BCUT2D eigenvalue weighted by Gasteiger charge is 2.15. The quantitative estimate of drug-likeness (QED) is 0.713. The van der Waals surface area contributed by atoms with Crippen molar-refractivity contribution >= 4 is 12.4 Å². The summed E-state index contributed by atoms with van der Waals surface area (Å²) in [6, 6.07) is 4.70. The van der Waals surface area contributed by atoms with Crippen molar-refractivity contribution in [3.05, 3.63) is 29.6 Å². The Hall–Kier alpha value is -0.660. The minimum absolute atomic E-state index is 0. The fraction of sp³-hybridized carbons (Fsp3) is 0.333. The van der Waals surface area contributed by atoms with Crippen LogP contribution in [0.3, 0.4) is 0 Å². The summed E-state index contributed by atoms with van der Waals surface area (Å²) in [6.45, 7) is 4.95. The van der Waals surface area contributed by atoms with Gasteiger partial charge in [-0.2, -0.15) is 0 Å². The van der Waals surface area contributed by atoms with Crippen molar-refractivity contribution in [2.75, 3.05) is 13.3 Å². The van der Waals surface area contributed by atoms with Crippen molar-refractivity contribution < 1.29 is 8.96 Å². The number of halogens is 1. The number of benzene rings is 1. The van der Waals surface area contributed by atoms with Crippen molar-refractivity contribution in [3.63, 3.8) is 0 Å². The highest BCUT2D eigenvalue weighted by atomic mass is 31.2. The van der Waals surface area contributed by atoms with Crippen LogP contribution in [-0.2, 0) is 4.57 Å². The Labute approximate surface area is 78.1 Å². The maximum absolute atomic E-state index is 13.0. The smallest absolute Gasteiger partial charge is 0.126 e. The first-order valence-electron chi connectivity index (χ1n) is 3.73. The van der Waals surface area contributed by atoms with Crippen LogP contribution >= 0.6 is 7.14 Å². The van der Waals surface area contributed by atoms with Gasteiger partial charge in [-0.3, -0.25) is 0 Å². The van der Waals surface area contributed by atoms with Gasteiger partial charge in [0.05, 0.1) is 0 Å². The van der Waals surface area contributed by atoms with E-state index < -0.39 is 7.14 Å². The van der Waals surface area contributed by atoms with E-state index in [0.29, 0.717) is 10.9 Å². The standard InChI is InChI=1S/C9H12FOP.H3N/c1-7-8(10)5-4-6-9(7)12(2,3)11;/h4-6H,1-3H3;1H3. The van der Waals surface area contributed by atoms with Gasteiger partial charge in [0.15, 0.2) is 0 Å². The van der Waals surface area contributed by atoms with E-state index in [-0.39, 0.29) is 12.0 Å². The van der Waals surface area contributed by atoms with E-state index in [0.717, 1.165) is 0 Å². The summed E-state index contributed by atoms with van der Waals surface area (Å²) in [5.41, 5.74) is 0.505. The molecule has 0 atom stereocenters. The van der Waals surface area contributed by atoms with Crippen molar-refractivity contribution in [3.8, 4) is 0 Å². The molecule has 0 bridgehead atoms. The molecule has 3 N–H and O–H groups in total. The Morgan fingerprint density at radius 2 is 1.85 bits per heavy atom. The largest absolute Gasteiger partial charge is 0.344 e. The van der Waals surface area contributed by atoms with Crippen molar-refractivity contribution in [2.45, 2.75) is 6.92 Å². The fourth-order valence-corrected chi connectivity index (χ4v) is 2.54. The minimum Gasteiger partial charge on any atom is -0.344 e. The zero-order chi connectivity index (χ0) is 9.35. The molecule has 1 aromatic carbocycles. The van der Waals surface area contributed by atoms with Gasteiger partial charge in [0.25, 0.3) is 0 Å². The van der Waals surface area contributed by atoms with Crippen LogP contribution in [0, 0.1) is 12.7 Å². The highest BCUT2D eigenvalue weighted by molar-refractivity contribution is 7.70. The Morgan fingerprint density at radius 3 is 2.23 bits per heavy atom. The van der Waals surface area contributed by atoms with E-state index in [4.69, 9.17) is 0 Å². The maximum atomic E-state index is 13.0. The third kappa shape index (κ3) is 2.64. The molecule has 4 heteroatoms. The Balaban J connectivity index is 0.00000144. The van der Waals surface area contributed by atoms with Gasteiger partial charge in [-0.15, -0.1) is 0 Å². The normalized spacial score (nSPS) is 10.8. The molecule has 0 unspecified atom stereocenters. The first-order chi connectivity index (χ1) is 5.43. The second-order valence-corrected chi connectivity index (χ2v) is 6.42. The molecule has 0 heterocycles. The van der Waals surface area contributed by atoms with E-state index in [2.05, 4.69) is 0 Å². The molecule has 0 aliphatic heterocycles. The molecule has 0 radical (unpaired) electrons. The molecule has 13 heavy (non-hydrogen) atoms. The van der Waals surface area contributed by atoms with Crippen LogP contribution in [-0.4, -0.2) is 13.3 Å². The summed E-state index contributed by atoms with van der Waals surface area (Å²) in [6.07, 6.45) is 0. The van der Waals surface area contributed by atoms with Crippen LogP contribution in [0.5, 0.6) is 0 Å². The molecule has 0 amide bonds. The minimum atomic E-state index is -2.32. The van der Waals surface area contributed by atoms with Crippen molar-refractivity contribution in [1.29, 1.82) is 0 Å². The van der Waals surface area contributed by atoms with Gasteiger partial charge in [0.2, 0.25) is 0 Å². The molecular weight excluding hydrogens is 188 g/mol. The molecule has 0 aliphatic rings. The summed E-state index contributed by atoms with van der Waals surface area (Å²) in [4.78, 5) is 0. The lowest BCUT2D eigenvalue weighted by Crippen LogP contribution is -2.08. The fourth-order valence-electron chi connectivity index (χ4n) is 1.18. The van der Waals surface area contributed by atoms with Gasteiger partial charge < -0.3 is 10.7 Å². The van der Waals surface area contributed by atoms with Crippen molar-refractivity contribution in [2.24, 2.45) is 0 Å². The van der Waals surface area contributed by atoms with E-state index >= 15 is 0 Å². The SMILES string of the molecule is Cc1c(F)cccc1P(C)(C)=O.N. The Kier molecular flexibility index (Phi) is 3.83. The van der Waals surface area contributed by atoms with Gasteiger partial charge >= 0.3 is 0 Å². The second-order valence-electron chi connectivity index (χ2n) is 3.23. The lowest BCUT2D eigenvalue weighted by Gasteiger charge is -2.10. The van der Waals surface area contributed by atoms with E-state index in [1.165, 1.54) is 6.07 Å². The molecule has 0 saturated heterocycles. The monoisotopic (exact) mass is 203 g/mol. The lowest BCUT2D eigenvalue weighted by atomic mass is 10.2. The maximum Gasteiger partial charge on any atom is 0.126 e. The van der Waals surface area contributed by atoms with Gasteiger partial charge in [-0.25, -0.2) is 4.39 Å². The molecule has 2 nitrogen and oxygen atoms in total. The Morgan fingerprint density at radius 1 is 1.31 bits per heavy atom. The second kappa shape index (κ2) is 4.03. The van der Waals surface area contributed by atoms with Crippen molar-refractivity contribution in [1.82, 2.24) is 6.15 Å². The predicted molar refractivity (Wildman–Crippen MR) is 55.2 cm³/mol. The molecule has 1 aromatic rings. The molecule has 74 valence electrons. The van der Waals surface area contributed by atoms with Crippen LogP contribution in [0.15, 0.2) is 18.2 Å². The summed E-state index contributed by atoms with van der Waals surface area (Å²) in [5.74, 6) is -0.281. The molecule has 0 fully saturated rings. The van der Waals surface area contributed by atoms with Crippen LogP contribution in [0.4, 0.5) is 4.39 Å². The third-order valence-electron chi connectivity index (χ3n) is 1.82. The Bertz CT molecular complexity index is 345. The highest BCUT2D eigenvalue weighted by Crippen LogP contribution is 2.36. The van der Waals surface area contributed by atoms with E-state index in [1.807, 2.05) is 0 Å². The number of rotatable bonds is 1. The van der Waals surface area contributed by atoms with Crippen LogP contribution in [0.1, 0.15) is 5.56 Å². The number of hydrogen-bond acceptors (Lipinski definition) is 2. The summed E-state index contributed by atoms with van der Waals surface area (Å²) >= 11 is 0. The molecule has 0 saturated carbocycles. The van der Waals surface area contributed by atoms with Gasteiger partial charge in [-0.05, 0) is 31.9 Å². The van der Waals surface area contributed by atoms with E-state index in [1.54, 1.807) is 32.4 Å². The summed E-state index contributed by atoms with van der Waals surface area (Å²) in [7, 11) is -2.32. The number of hydrogen-bond donors (Lipinski definition) is 1. The molecule has 0 aliphatic carbocycles. The van der Waals surface area contributed by atoms with Crippen LogP contribution < -0.4 is 11.5 Å². The summed E-state index contributed by atoms with van der Waals surface area (Å²) in [5, 5.41) is 0.641. The van der Waals surface area contributed by atoms with Crippen LogP contribution in [0.2, 0.25) is 0 Å². The van der Waals surface area contributed by atoms with E-state index in [9.17, 15) is 8.96 Å². The first-order valence-corrected chi connectivity index (χ1v) is 6.33. The molecule has 1 rings (SSSR count).